The van der Waals surface area contributed by atoms with Crippen LogP contribution in [0.4, 0.5) is 5.13 Å². The van der Waals surface area contributed by atoms with E-state index in [1.807, 2.05) is 5.38 Å². The van der Waals surface area contributed by atoms with Gasteiger partial charge in [-0.1, -0.05) is 44.2 Å². The smallest absolute Gasteiger partial charge is 0.183 e. The maximum atomic E-state index is 4.47. The summed E-state index contributed by atoms with van der Waals surface area (Å²) in [4.78, 5) is 7.03. The molecule has 0 bridgehead atoms. The number of likely N-dealkylation sites (tertiary alicyclic amines) is 1. The van der Waals surface area contributed by atoms with E-state index in [1.165, 1.54) is 5.56 Å². The maximum Gasteiger partial charge on any atom is 0.183 e. The Balaban J connectivity index is 1.62. The van der Waals surface area contributed by atoms with E-state index < -0.39 is 0 Å². The van der Waals surface area contributed by atoms with Crippen LogP contribution in [0.3, 0.4) is 0 Å². The van der Waals surface area contributed by atoms with Crippen LogP contribution in [0, 0.1) is 5.41 Å². The van der Waals surface area contributed by atoms with Crippen LogP contribution in [0.5, 0.6) is 0 Å². The lowest BCUT2D eigenvalue weighted by Crippen LogP contribution is -2.51. The lowest BCUT2D eigenvalue weighted by Gasteiger charge is -2.44. The van der Waals surface area contributed by atoms with Gasteiger partial charge in [0.2, 0.25) is 0 Å². The van der Waals surface area contributed by atoms with Crippen molar-refractivity contribution < 1.29 is 0 Å². The number of piperidine rings is 1. The quantitative estimate of drug-likeness (QED) is 0.839. The van der Waals surface area contributed by atoms with Gasteiger partial charge in [0.1, 0.15) is 4.60 Å². The van der Waals surface area contributed by atoms with E-state index in [0.29, 0.717) is 6.04 Å². The second-order valence-corrected chi connectivity index (χ2v) is 8.32. The van der Waals surface area contributed by atoms with E-state index in [0.717, 1.165) is 35.8 Å². The fourth-order valence-electron chi connectivity index (χ4n) is 3.18. The SMILES string of the molecule is CC1(C)CN(Cc2ccccc2)CCC1Nc1nc(Br)cs1. The van der Waals surface area contributed by atoms with Gasteiger partial charge in [-0.2, -0.15) is 0 Å². The number of nitrogens with one attached hydrogen (secondary N) is 1. The predicted octanol–water partition coefficient (Wildman–Crippen LogP) is 4.62. The lowest BCUT2D eigenvalue weighted by atomic mass is 9.79. The Hall–Kier alpha value is -0.910. The molecule has 1 aromatic heterocycles. The molecule has 1 fully saturated rings. The molecule has 5 heteroatoms. The van der Waals surface area contributed by atoms with Crippen molar-refractivity contribution in [3.8, 4) is 0 Å². The fraction of sp³-hybridized carbons (Fsp3) is 0.471. The maximum absolute atomic E-state index is 4.47. The summed E-state index contributed by atoms with van der Waals surface area (Å²) >= 11 is 5.09. The van der Waals surface area contributed by atoms with Gasteiger partial charge in [0.25, 0.3) is 0 Å². The molecule has 1 N–H and O–H groups in total. The Morgan fingerprint density at radius 3 is 2.77 bits per heavy atom. The molecule has 0 amide bonds. The van der Waals surface area contributed by atoms with E-state index in [1.54, 1.807) is 11.3 Å². The highest BCUT2D eigenvalue weighted by molar-refractivity contribution is 9.10. The topological polar surface area (TPSA) is 28.2 Å². The second-order valence-electron chi connectivity index (χ2n) is 6.65. The van der Waals surface area contributed by atoms with Crippen molar-refractivity contribution in [1.82, 2.24) is 9.88 Å². The van der Waals surface area contributed by atoms with Crippen LogP contribution >= 0.6 is 27.3 Å². The van der Waals surface area contributed by atoms with Crippen molar-refractivity contribution >= 4 is 32.4 Å². The molecule has 3 rings (SSSR count). The molecule has 1 aliphatic heterocycles. The molecule has 0 spiro atoms. The van der Waals surface area contributed by atoms with E-state index >= 15 is 0 Å². The van der Waals surface area contributed by atoms with Gasteiger partial charge in [-0.25, -0.2) is 4.98 Å². The van der Waals surface area contributed by atoms with Crippen LogP contribution in [-0.2, 0) is 6.54 Å². The van der Waals surface area contributed by atoms with Gasteiger partial charge in [-0.15, -0.1) is 11.3 Å². The first-order chi connectivity index (χ1) is 10.5. The normalized spacial score (nSPS) is 21.7. The lowest BCUT2D eigenvalue weighted by molar-refractivity contribution is 0.0978. The highest BCUT2D eigenvalue weighted by Gasteiger charge is 2.36. The van der Waals surface area contributed by atoms with Crippen molar-refractivity contribution in [2.45, 2.75) is 32.9 Å². The van der Waals surface area contributed by atoms with Gasteiger partial charge in [-0.3, -0.25) is 4.90 Å². The first kappa shape index (κ1) is 16.0. The molecule has 3 nitrogen and oxygen atoms in total. The van der Waals surface area contributed by atoms with Crippen molar-refractivity contribution in [2.75, 3.05) is 18.4 Å². The highest BCUT2D eigenvalue weighted by atomic mass is 79.9. The third kappa shape index (κ3) is 3.89. The minimum Gasteiger partial charge on any atom is -0.358 e. The van der Waals surface area contributed by atoms with Gasteiger partial charge >= 0.3 is 0 Å². The van der Waals surface area contributed by atoms with Crippen molar-refractivity contribution in [1.29, 1.82) is 0 Å². The minimum absolute atomic E-state index is 0.227. The molecule has 118 valence electrons. The Morgan fingerprint density at radius 2 is 2.14 bits per heavy atom. The molecule has 1 saturated heterocycles. The third-order valence-electron chi connectivity index (χ3n) is 4.33. The standard InChI is InChI=1S/C17H22BrN3S/c1-17(2)12-21(10-13-6-4-3-5-7-13)9-8-14(17)19-16-20-15(18)11-22-16/h3-7,11,14H,8-10,12H2,1-2H3,(H,19,20). The minimum atomic E-state index is 0.227. The van der Waals surface area contributed by atoms with Gasteiger partial charge in [-0.05, 0) is 33.3 Å². The van der Waals surface area contributed by atoms with E-state index in [-0.39, 0.29) is 5.41 Å². The summed E-state index contributed by atoms with van der Waals surface area (Å²) < 4.78 is 0.916. The Morgan fingerprint density at radius 1 is 1.36 bits per heavy atom. The van der Waals surface area contributed by atoms with Crippen LogP contribution in [0.1, 0.15) is 25.8 Å². The van der Waals surface area contributed by atoms with Crippen LogP contribution in [0.15, 0.2) is 40.3 Å². The summed E-state index contributed by atoms with van der Waals surface area (Å²) in [5, 5.41) is 6.67. The molecule has 1 atom stereocenters. The van der Waals surface area contributed by atoms with E-state index in [4.69, 9.17) is 0 Å². The van der Waals surface area contributed by atoms with Gasteiger partial charge in [0.05, 0.1) is 0 Å². The average molecular weight is 380 g/mol. The van der Waals surface area contributed by atoms with E-state index in [9.17, 15) is 0 Å². The molecule has 2 heterocycles. The monoisotopic (exact) mass is 379 g/mol. The van der Waals surface area contributed by atoms with Gasteiger partial charge in [0, 0.05) is 31.1 Å². The molecule has 1 aromatic carbocycles. The molecule has 2 aromatic rings. The molecule has 22 heavy (non-hydrogen) atoms. The highest BCUT2D eigenvalue weighted by Crippen LogP contribution is 2.33. The number of nitrogens with zero attached hydrogens (tertiary/aromatic N) is 2. The zero-order valence-electron chi connectivity index (χ0n) is 13.1. The Bertz CT molecular complexity index is 611. The second kappa shape index (κ2) is 6.69. The number of hydrogen-bond acceptors (Lipinski definition) is 4. The summed E-state index contributed by atoms with van der Waals surface area (Å²) in [6.45, 7) is 7.98. The molecule has 1 aliphatic rings. The first-order valence-corrected chi connectivity index (χ1v) is 9.34. The van der Waals surface area contributed by atoms with Crippen molar-refractivity contribution in [3.05, 3.63) is 45.9 Å². The Labute approximate surface area is 144 Å². The van der Waals surface area contributed by atoms with E-state index in [2.05, 4.69) is 75.3 Å². The number of thiazole rings is 1. The molecule has 1 unspecified atom stereocenters. The van der Waals surface area contributed by atoms with Crippen LogP contribution < -0.4 is 5.32 Å². The summed E-state index contributed by atoms with van der Waals surface area (Å²) in [6, 6.07) is 11.2. The number of halogens is 1. The van der Waals surface area contributed by atoms with Crippen molar-refractivity contribution in [2.24, 2.45) is 5.41 Å². The van der Waals surface area contributed by atoms with Crippen LogP contribution in [0.25, 0.3) is 0 Å². The number of rotatable bonds is 4. The predicted molar refractivity (Wildman–Crippen MR) is 97.3 cm³/mol. The number of hydrogen-bond donors (Lipinski definition) is 1. The third-order valence-corrected chi connectivity index (χ3v) is 5.81. The molecular formula is C17H22BrN3S. The Kier molecular flexibility index (Phi) is 4.85. The van der Waals surface area contributed by atoms with Crippen molar-refractivity contribution in [3.63, 3.8) is 0 Å². The van der Waals surface area contributed by atoms with Crippen LogP contribution in [-0.4, -0.2) is 29.0 Å². The average Bonchev–Trinajstić information content (AvgIpc) is 2.88. The zero-order chi connectivity index (χ0) is 15.6. The van der Waals surface area contributed by atoms with Crippen LogP contribution in [0.2, 0.25) is 0 Å². The first-order valence-electron chi connectivity index (χ1n) is 7.67. The molecular weight excluding hydrogens is 358 g/mol. The number of anilines is 1. The largest absolute Gasteiger partial charge is 0.358 e. The zero-order valence-corrected chi connectivity index (χ0v) is 15.5. The summed E-state index contributed by atoms with van der Waals surface area (Å²) in [5.74, 6) is 0. The summed E-state index contributed by atoms with van der Waals surface area (Å²) in [5.41, 5.74) is 1.62. The molecule has 0 saturated carbocycles. The van der Waals surface area contributed by atoms with Gasteiger partial charge < -0.3 is 5.32 Å². The number of benzene rings is 1. The molecule has 0 aliphatic carbocycles. The molecule has 0 radical (unpaired) electrons. The summed E-state index contributed by atoms with van der Waals surface area (Å²) in [6.07, 6.45) is 1.15. The summed E-state index contributed by atoms with van der Waals surface area (Å²) in [7, 11) is 0. The number of aromatic nitrogens is 1. The van der Waals surface area contributed by atoms with Gasteiger partial charge in [0.15, 0.2) is 5.13 Å². The fourth-order valence-corrected chi connectivity index (χ4v) is 4.38.